The predicted octanol–water partition coefficient (Wildman–Crippen LogP) is 2.79. The molecule has 1 radical (unpaired) electrons. The third-order valence-corrected chi connectivity index (χ3v) is 1.52. The first-order chi connectivity index (χ1) is 6.59. The molecule has 0 N–H and O–H groups in total. The third kappa shape index (κ3) is 3.05. The molecular formula is C10H12NO3. The highest BCUT2D eigenvalue weighted by Gasteiger charge is 2.04. The molecule has 0 saturated heterocycles. The van der Waals surface area contributed by atoms with Crippen molar-refractivity contribution in [2.24, 2.45) is 5.92 Å². The van der Waals surface area contributed by atoms with Gasteiger partial charge in [-0.3, -0.25) is 10.1 Å². The van der Waals surface area contributed by atoms with Gasteiger partial charge in [0.25, 0.3) is 5.69 Å². The Bertz CT molecular complexity index is 306. The van der Waals surface area contributed by atoms with Gasteiger partial charge in [-0.25, -0.2) is 0 Å². The van der Waals surface area contributed by atoms with Gasteiger partial charge in [-0.2, -0.15) is 0 Å². The van der Waals surface area contributed by atoms with Crippen LogP contribution in [0.5, 0.6) is 5.75 Å². The lowest BCUT2D eigenvalue weighted by molar-refractivity contribution is -0.384. The monoisotopic (exact) mass is 194 g/mol. The van der Waals surface area contributed by atoms with Crippen LogP contribution in [0, 0.1) is 22.6 Å². The fraction of sp³-hybridized carbons (Fsp3) is 0.300. The number of hydrogen-bond donors (Lipinski definition) is 0. The number of nitrogens with zero attached hydrogens (tertiary/aromatic N) is 1. The normalized spacial score (nSPS) is 10.2. The Balaban J connectivity index is 2.60. The van der Waals surface area contributed by atoms with E-state index in [0.29, 0.717) is 11.7 Å². The summed E-state index contributed by atoms with van der Waals surface area (Å²) in [4.78, 5) is 9.90. The summed E-state index contributed by atoms with van der Waals surface area (Å²) < 4.78 is 5.25. The van der Waals surface area contributed by atoms with Crippen LogP contribution in [0.15, 0.2) is 24.3 Å². The van der Waals surface area contributed by atoms with Gasteiger partial charge in [0.15, 0.2) is 0 Å². The highest BCUT2D eigenvalue weighted by Crippen LogP contribution is 2.18. The van der Waals surface area contributed by atoms with Gasteiger partial charge in [0.1, 0.15) is 12.4 Å². The number of rotatable bonds is 4. The smallest absolute Gasteiger partial charge is 0.269 e. The van der Waals surface area contributed by atoms with Crippen LogP contribution < -0.4 is 4.74 Å². The molecule has 0 spiro atoms. The molecule has 0 bridgehead atoms. The average molecular weight is 194 g/mol. The van der Waals surface area contributed by atoms with Gasteiger partial charge in [0, 0.05) is 12.1 Å². The van der Waals surface area contributed by atoms with Crippen molar-refractivity contribution in [3.8, 4) is 5.75 Å². The summed E-state index contributed by atoms with van der Waals surface area (Å²) in [5.74, 6) is 0.939. The summed E-state index contributed by atoms with van der Waals surface area (Å²) in [6, 6.07) is 6.00. The van der Waals surface area contributed by atoms with E-state index >= 15 is 0 Å². The fourth-order valence-corrected chi connectivity index (χ4v) is 0.861. The molecule has 0 heterocycles. The third-order valence-electron chi connectivity index (χ3n) is 1.52. The maximum absolute atomic E-state index is 10.3. The van der Waals surface area contributed by atoms with Crippen molar-refractivity contribution in [3.05, 3.63) is 41.0 Å². The summed E-state index contributed by atoms with van der Waals surface area (Å²) in [6.45, 7) is 5.66. The molecule has 1 rings (SSSR count). The predicted molar refractivity (Wildman–Crippen MR) is 52.9 cm³/mol. The maximum Gasteiger partial charge on any atom is 0.269 e. The molecule has 4 heteroatoms. The van der Waals surface area contributed by atoms with Gasteiger partial charge in [0.05, 0.1) is 4.92 Å². The van der Waals surface area contributed by atoms with Crippen LogP contribution in [-0.2, 0) is 0 Å². The highest BCUT2D eigenvalue weighted by molar-refractivity contribution is 5.36. The second-order valence-electron chi connectivity index (χ2n) is 3.25. The SMILES string of the molecule is CC(C)[CH]Oc1ccc([N+](=O)[O-])cc1. The van der Waals surface area contributed by atoms with Gasteiger partial charge in [-0.05, 0) is 18.1 Å². The lowest BCUT2D eigenvalue weighted by atomic mass is 10.2. The first-order valence-corrected chi connectivity index (χ1v) is 4.34. The lowest BCUT2D eigenvalue weighted by Crippen LogP contribution is -1.97. The van der Waals surface area contributed by atoms with E-state index in [-0.39, 0.29) is 5.69 Å². The summed E-state index contributed by atoms with van der Waals surface area (Å²) in [7, 11) is 0. The minimum atomic E-state index is -0.435. The lowest BCUT2D eigenvalue weighted by Gasteiger charge is -2.06. The van der Waals surface area contributed by atoms with Crippen molar-refractivity contribution in [3.63, 3.8) is 0 Å². The summed E-state index contributed by atoms with van der Waals surface area (Å²) in [5.41, 5.74) is 0.0712. The van der Waals surface area contributed by atoms with Crippen LogP contribution in [0.3, 0.4) is 0 Å². The van der Waals surface area contributed by atoms with E-state index < -0.39 is 4.92 Å². The Morgan fingerprint density at radius 1 is 1.36 bits per heavy atom. The van der Waals surface area contributed by atoms with Crippen LogP contribution in [-0.4, -0.2) is 4.92 Å². The zero-order valence-electron chi connectivity index (χ0n) is 8.14. The van der Waals surface area contributed by atoms with Crippen LogP contribution in [0.2, 0.25) is 0 Å². The molecule has 1 aromatic carbocycles. The summed E-state index contributed by atoms with van der Waals surface area (Å²) in [6.07, 6.45) is 0. The summed E-state index contributed by atoms with van der Waals surface area (Å²) in [5, 5.41) is 10.3. The second-order valence-corrected chi connectivity index (χ2v) is 3.25. The molecule has 0 amide bonds. The number of nitro groups is 1. The molecule has 1 aromatic rings. The van der Waals surface area contributed by atoms with Crippen LogP contribution in [0.1, 0.15) is 13.8 Å². The molecule has 0 aliphatic heterocycles. The molecule has 0 atom stereocenters. The minimum absolute atomic E-state index is 0.0712. The standard InChI is InChI=1S/C10H12NO3/c1-8(2)7-14-10-5-3-9(4-6-10)11(12)13/h3-8H,1-2H3. The molecule has 0 aliphatic rings. The first-order valence-electron chi connectivity index (χ1n) is 4.34. The van der Waals surface area contributed by atoms with Gasteiger partial charge in [-0.1, -0.05) is 13.8 Å². The van der Waals surface area contributed by atoms with Crippen LogP contribution in [0.4, 0.5) is 5.69 Å². The van der Waals surface area contributed by atoms with Crippen LogP contribution in [0.25, 0.3) is 0 Å². The zero-order chi connectivity index (χ0) is 10.6. The number of benzene rings is 1. The Morgan fingerprint density at radius 3 is 2.36 bits per heavy atom. The van der Waals surface area contributed by atoms with Gasteiger partial charge in [0.2, 0.25) is 0 Å². The van der Waals surface area contributed by atoms with Gasteiger partial charge < -0.3 is 4.74 Å². The first kappa shape index (κ1) is 10.5. The molecular weight excluding hydrogens is 182 g/mol. The molecule has 0 saturated carbocycles. The highest BCUT2D eigenvalue weighted by atomic mass is 16.6. The number of hydrogen-bond acceptors (Lipinski definition) is 3. The summed E-state index contributed by atoms with van der Waals surface area (Å²) >= 11 is 0. The molecule has 0 aromatic heterocycles. The van der Waals surface area contributed by atoms with Crippen molar-refractivity contribution >= 4 is 5.69 Å². The fourth-order valence-electron chi connectivity index (χ4n) is 0.861. The van der Waals surface area contributed by atoms with Crippen molar-refractivity contribution in [2.45, 2.75) is 13.8 Å². The van der Waals surface area contributed by atoms with Crippen molar-refractivity contribution in [1.29, 1.82) is 0 Å². The number of non-ortho nitro benzene ring substituents is 1. The zero-order valence-corrected chi connectivity index (χ0v) is 8.14. The second kappa shape index (κ2) is 4.60. The van der Waals surface area contributed by atoms with Gasteiger partial charge in [-0.15, -0.1) is 0 Å². The Kier molecular flexibility index (Phi) is 3.45. The molecule has 14 heavy (non-hydrogen) atoms. The maximum atomic E-state index is 10.3. The molecule has 0 unspecified atom stereocenters. The van der Waals surface area contributed by atoms with Crippen LogP contribution >= 0.6 is 0 Å². The molecule has 0 fully saturated rings. The topological polar surface area (TPSA) is 52.4 Å². The Morgan fingerprint density at radius 2 is 1.93 bits per heavy atom. The van der Waals surface area contributed by atoms with E-state index in [0.717, 1.165) is 0 Å². The number of ether oxygens (including phenoxy) is 1. The number of nitro benzene ring substituents is 1. The molecule has 0 aliphatic carbocycles. The van der Waals surface area contributed by atoms with E-state index in [4.69, 9.17) is 4.74 Å². The average Bonchev–Trinajstić information content (AvgIpc) is 2.15. The van der Waals surface area contributed by atoms with E-state index in [1.165, 1.54) is 12.1 Å². The van der Waals surface area contributed by atoms with E-state index in [1.54, 1.807) is 18.7 Å². The minimum Gasteiger partial charge on any atom is -0.486 e. The quantitative estimate of drug-likeness (QED) is 0.547. The van der Waals surface area contributed by atoms with Crippen molar-refractivity contribution in [1.82, 2.24) is 0 Å². The molecule has 4 nitrogen and oxygen atoms in total. The Labute approximate surface area is 82.7 Å². The Hall–Kier alpha value is -1.58. The van der Waals surface area contributed by atoms with Crippen molar-refractivity contribution in [2.75, 3.05) is 0 Å². The van der Waals surface area contributed by atoms with Crippen molar-refractivity contribution < 1.29 is 9.66 Å². The van der Waals surface area contributed by atoms with E-state index in [2.05, 4.69) is 0 Å². The van der Waals surface area contributed by atoms with E-state index in [9.17, 15) is 10.1 Å². The van der Waals surface area contributed by atoms with E-state index in [1.807, 2.05) is 13.8 Å². The molecule has 75 valence electrons. The van der Waals surface area contributed by atoms with Gasteiger partial charge >= 0.3 is 0 Å². The largest absolute Gasteiger partial charge is 0.486 e.